The predicted molar refractivity (Wildman–Crippen MR) is 94.0 cm³/mol. The normalized spacial score (nSPS) is 13.7. The first-order valence-electron chi connectivity index (χ1n) is 8.45. The van der Waals surface area contributed by atoms with E-state index in [-0.39, 0.29) is 5.41 Å². The molecule has 1 unspecified atom stereocenters. The van der Waals surface area contributed by atoms with Gasteiger partial charge in [-0.2, -0.15) is 0 Å². The molecule has 0 spiro atoms. The van der Waals surface area contributed by atoms with E-state index in [1.807, 2.05) is 0 Å². The van der Waals surface area contributed by atoms with Gasteiger partial charge < -0.3 is 10.6 Å². The fourth-order valence-electron chi connectivity index (χ4n) is 2.81. The molecule has 0 fully saturated rings. The predicted octanol–water partition coefficient (Wildman–Crippen LogP) is 4.15. The van der Waals surface area contributed by atoms with E-state index in [4.69, 9.17) is 5.73 Å². The highest BCUT2D eigenvalue weighted by molar-refractivity contribution is 5.29. The van der Waals surface area contributed by atoms with Crippen molar-refractivity contribution in [2.45, 2.75) is 58.8 Å². The molecule has 21 heavy (non-hydrogen) atoms. The maximum absolute atomic E-state index is 6.04. The van der Waals surface area contributed by atoms with Gasteiger partial charge in [-0.15, -0.1) is 0 Å². The van der Waals surface area contributed by atoms with E-state index in [0.29, 0.717) is 5.92 Å². The van der Waals surface area contributed by atoms with Gasteiger partial charge in [0.2, 0.25) is 0 Å². The molecule has 1 rings (SSSR count). The Morgan fingerprint density at radius 2 is 1.52 bits per heavy atom. The Labute approximate surface area is 131 Å². The van der Waals surface area contributed by atoms with Crippen molar-refractivity contribution in [3.05, 3.63) is 35.4 Å². The zero-order chi connectivity index (χ0) is 15.9. The van der Waals surface area contributed by atoms with Gasteiger partial charge in [-0.25, -0.2) is 0 Å². The lowest BCUT2D eigenvalue weighted by Crippen LogP contribution is -2.33. The van der Waals surface area contributed by atoms with Crippen molar-refractivity contribution in [3.63, 3.8) is 0 Å². The maximum Gasteiger partial charge on any atom is 0.00888 e. The molecule has 1 aromatic carbocycles. The van der Waals surface area contributed by atoms with Crippen LogP contribution in [0.2, 0.25) is 0 Å². The van der Waals surface area contributed by atoms with Crippen molar-refractivity contribution < 1.29 is 0 Å². The van der Waals surface area contributed by atoms with Crippen LogP contribution in [0.15, 0.2) is 24.3 Å². The maximum atomic E-state index is 6.04. The van der Waals surface area contributed by atoms with Crippen LogP contribution in [0.25, 0.3) is 0 Å². The summed E-state index contributed by atoms with van der Waals surface area (Å²) in [4.78, 5) is 2.55. The van der Waals surface area contributed by atoms with Crippen LogP contribution < -0.4 is 5.73 Å². The monoisotopic (exact) mass is 290 g/mol. The van der Waals surface area contributed by atoms with Crippen molar-refractivity contribution in [2.24, 2.45) is 5.73 Å². The quantitative estimate of drug-likeness (QED) is 0.779. The van der Waals surface area contributed by atoms with E-state index < -0.39 is 0 Å². The van der Waals surface area contributed by atoms with Gasteiger partial charge in [0, 0.05) is 19.0 Å². The SMILES string of the molecule is CCCN(CCC)CC(CN)c1ccc(C(C)(C)C)cc1. The lowest BCUT2D eigenvalue weighted by molar-refractivity contribution is 0.258. The van der Waals surface area contributed by atoms with Gasteiger partial charge >= 0.3 is 0 Å². The smallest absolute Gasteiger partial charge is 0.00888 e. The molecule has 0 saturated carbocycles. The molecule has 120 valence electrons. The van der Waals surface area contributed by atoms with E-state index >= 15 is 0 Å². The van der Waals surface area contributed by atoms with Gasteiger partial charge in [0.1, 0.15) is 0 Å². The van der Waals surface area contributed by atoms with Gasteiger partial charge in [-0.1, -0.05) is 58.9 Å². The molecule has 0 heterocycles. The van der Waals surface area contributed by atoms with E-state index in [1.165, 1.54) is 37.1 Å². The summed E-state index contributed by atoms with van der Waals surface area (Å²) in [5.74, 6) is 0.442. The summed E-state index contributed by atoms with van der Waals surface area (Å²) in [6.45, 7) is 15.4. The van der Waals surface area contributed by atoms with Crippen LogP contribution in [-0.4, -0.2) is 31.1 Å². The average Bonchev–Trinajstić information content (AvgIpc) is 2.44. The Kier molecular flexibility index (Phi) is 7.41. The molecule has 2 nitrogen and oxygen atoms in total. The van der Waals surface area contributed by atoms with Crippen molar-refractivity contribution in [3.8, 4) is 0 Å². The van der Waals surface area contributed by atoms with Crippen molar-refractivity contribution >= 4 is 0 Å². The molecule has 2 heteroatoms. The Morgan fingerprint density at radius 3 is 1.90 bits per heavy atom. The minimum Gasteiger partial charge on any atom is -0.330 e. The van der Waals surface area contributed by atoms with Crippen LogP contribution in [0.1, 0.15) is 64.5 Å². The number of benzene rings is 1. The summed E-state index contributed by atoms with van der Waals surface area (Å²) in [5.41, 5.74) is 9.03. The largest absolute Gasteiger partial charge is 0.330 e. The van der Waals surface area contributed by atoms with Crippen molar-refractivity contribution in [1.29, 1.82) is 0 Å². The van der Waals surface area contributed by atoms with E-state index in [1.54, 1.807) is 0 Å². The van der Waals surface area contributed by atoms with Crippen molar-refractivity contribution in [2.75, 3.05) is 26.2 Å². The van der Waals surface area contributed by atoms with Crippen molar-refractivity contribution in [1.82, 2.24) is 4.90 Å². The lowest BCUT2D eigenvalue weighted by atomic mass is 9.85. The first kappa shape index (κ1) is 18.2. The molecule has 2 N–H and O–H groups in total. The fourth-order valence-corrected chi connectivity index (χ4v) is 2.81. The van der Waals surface area contributed by atoms with Gasteiger partial charge in [0.15, 0.2) is 0 Å². The van der Waals surface area contributed by atoms with Crippen LogP contribution >= 0.6 is 0 Å². The average molecular weight is 290 g/mol. The topological polar surface area (TPSA) is 29.3 Å². The molecule has 1 aromatic rings. The molecular weight excluding hydrogens is 256 g/mol. The number of nitrogens with two attached hydrogens (primary N) is 1. The number of hydrogen-bond donors (Lipinski definition) is 1. The zero-order valence-electron chi connectivity index (χ0n) is 14.7. The van der Waals surface area contributed by atoms with E-state index in [0.717, 1.165) is 13.1 Å². The molecule has 0 bridgehead atoms. The van der Waals surface area contributed by atoms with E-state index in [9.17, 15) is 0 Å². The highest BCUT2D eigenvalue weighted by atomic mass is 15.1. The molecule has 0 radical (unpaired) electrons. The fraction of sp³-hybridized carbons (Fsp3) is 0.684. The van der Waals surface area contributed by atoms with Crippen LogP contribution in [0.4, 0.5) is 0 Å². The standard InChI is InChI=1S/C19H34N2/c1-6-12-21(13-7-2)15-17(14-20)16-8-10-18(11-9-16)19(3,4)5/h8-11,17H,6-7,12-15,20H2,1-5H3. The second-order valence-electron chi connectivity index (χ2n) is 7.11. The molecule has 0 aromatic heterocycles. The number of nitrogens with zero attached hydrogens (tertiary/aromatic N) is 1. The molecular formula is C19H34N2. The van der Waals surface area contributed by atoms with Crippen LogP contribution in [-0.2, 0) is 5.41 Å². The molecule has 1 atom stereocenters. The minimum atomic E-state index is 0.215. The molecule has 0 aliphatic rings. The molecule has 0 amide bonds. The van der Waals surface area contributed by atoms with Crippen LogP contribution in [0.5, 0.6) is 0 Å². The minimum absolute atomic E-state index is 0.215. The molecule has 0 saturated heterocycles. The summed E-state index contributed by atoms with van der Waals surface area (Å²) in [7, 11) is 0. The second kappa shape index (κ2) is 8.55. The van der Waals surface area contributed by atoms with E-state index in [2.05, 4.69) is 63.8 Å². The number of rotatable bonds is 8. The van der Waals surface area contributed by atoms with Crippen LogP contribution in [0, 0.1) is 0 Å². The first-order valence-corrected chi connectivity index (χ1v) is 8.45. The summed E-state index contributed by atoms with van der Waals surface area (Å²) in [6.07, 6.45) is 2.42. The second-order valence-corrected chi connectivity index (χ2v) is 7.11. The highest BCUT2D eigenvalue weighted by Gasteiger charge is 2.17. The summed E-state index contributed by atoms with van der Waals surface area (Å²) in [5, 5.41) is 0. The third kappa shape index (κ3) is 5.80. The Balaban J connectivity index is 2.79. The highest BCUT2D eigenvalue weighted by Crippen LogP contribution is 2.24. The van der Waals surface area contributed by atoms with Gasteiger partial charge in [0.05, 0.1) is 0 Å². The Bertz CT molecular complexity index is 383. The lowest BCUT2D eigenvalue weighted by Gasteiger charge is -2.27. The summed E-state index contributed by atoms with van der Waals surface area (Å²) >= 11 is 0. The van der Waals surface area contributed by atoms with Gasteiger partial charge in [-0.3, -0.25) is 0 Å². The number of hydrogen-bond acceptors (Lipinski definition) is 2. The Morgan fingerprint density at radius 1 is 1.00 bits per heavy atom. The summed E-state index contributed by atoms with van der Waals surface area (Å²) < 4.78 is 0. The first-order chi connectivity index (χ1) is 9.92. The summed E-state index contributed by atoms with van der Waals surface area (Å²) in [6, 6.07) is 9.08. The molecule has 0 aliphatic heterocycles. The zero-order valence-corrected chi connectivity index (χ0v) is 14.7. The third-order valence-corrected chi connectivity index (χ3v) is 4.09. The van der Waals surface area contributed by atoms with Gasteiger partial charge in [-0.05, 0) is 42.5 Å². The molecule has 0 aliphatic carbocycles. The van der Waals surface area contributed by atoms with Crippen LogP contribution in [0.3, 0.4) is 0 Å². The van der Waals surface area contributed by atoms with Gasteiger partial charge in [0.25, 0.3) is 0 Å². The Hall–Kier alpha value is -0.860. The third-order valence-electron chi connectivity index (χ3n) is 4.09.